The summed E-state index contributed by atoms with van der Waals surface area (Å²) >= 11 is 0. The number of aromatic nitrogens is 2. The fraction of sp³-hybridized carbons (Fsp3) is 0.727. The Morgan fingerprint density at radius 2 is 2.29 bits per heavy atom. The van der Waals surface area contributed by atoms with Gasteiger partial charge >= 0.3 is 0 Å². The van der Waals surface area contributed by atoms with E-state index in [4.69, 9.17) is 0 Å². The molecule has 1 heterocycles. The van der Waals surface area contributed by atoms with Crippen LogP contribution in [0.1, 0.15) is 31.9 Å². The van der Waals surface area contributed by atoms with Crippen molar-refractivity contribution in [2.24, 2.45) is 13.0 Å². The quantitative estimate of drug-likeness (QED) is 0.781. The van der Waals surface area contributed by atoms with E-state index >= 15 is 0 Å². The van der Waals surface area contributed by atoms with Crippen LogP contribution in [0.2, 0.25) is 0 Å². The lowest BCUT2D eigenvalue weighted by Crippen LogP contribution is -2.23. The van der Waals surface area contributed by atoms with Gasteiger partial charge in [-0.2, -0.15) is 0 Å². The SMILES string of the molecule is Cc1cn(C)c(NC2CCCC2C)n1. The number of imidazole rings is 1. The Kier molecular flexibility index (Phi) is 2.48. The third-order valence-corrected chi connectivity index (χ3v) is 3.17. The van der Waals surface area contributed by atoms with E-state index in [1.807, 2.05) is 14.0 Å². The molecule has 1 aromatic heterocycles. The molecule has 0 spiro atoms. The molecule has 1 saturated carbocycles. The fourth-order valence-electron chi connectivity index (χ4n) is 2.28. The van der Waals surface area contributed by atoms with E-state index in [0.29, 0.717) is 6.04 Å². The van der Waals surface area contributed by atoms with Gasteiger partial charge in [0.25, 0.3) is 0 Å². The Labute approximate surface area is 85.5 Å². The Morgan fingerprint density at radius 1 is 1.50 bits per heavy atom. The topological polar surface area (TPSA) is 29.9 Å². The maximum atomic E-state index is 4.46. The summed E-state index contributed by atoms with van der Waals surface area (Å²) in [6, 6.07) is 0.621. The van der Waals surface area contributed by atoms with E-state index in [-0.39, 0.29) is 0 Å². The summed E-state index contributed by atoms with van der Waals surface area (Å²) in [7, 11) is 2.04. The molecule has 0 amide bonds. The molecule has 2 unspecified atom stereocenters. The molecule has 0 bridgehead atoms. The normalized spacial score (nSPS) is 26.8. The van der Waals surface area contributed by atoms with Gasteiger partial charge in [-0.1, -0.05) is 13.3 Å². The van der Waals surface area contributed by atoms with Gasteiger partial charge in [0, 0.05) is 19.3 Å². The van der Waals surface area contributed by atoms with Gasteiger partial charge < -0.3 is 9.88 Å². The van der Waals surface area contributed by atoms with E-state index in [1.54, 1.807) is 0 Å². The predicted octanol–water partition coefficient (Wildman–Crippen LogP) is 2.33. The third kappa shape index (κ3) is 1.76. The van der Waals surface area contributed by atoms with Crippen LogP contribution < -0.4 is 5.32 Å². The van der Waals surface area contributed by atoms with Crippen LogP contribution in [-0.2, 0) is 7.05 Å². The van der Waals surface area contributed by atoms with Crippen molar-refractivity contribution in [1.29, 1.82) is 0 Å². The smallest absolute Gasteiger partial charge is 0.203 e. The van der Waals surface area contributed by atoms with E-state index in [2.05, 4.69) is 28.0 Å². The lowest BCUT2D eigenvalue weighted by Gasteiger charge is -2.17. The monoisotopic (exact) mass is 193 g/mol. The number of nitrogens with one attached hydrogen (secondary N) is 1. The second-order valence-corrected chi connectivity index (χ2v) is 4.48. The Hall–Kier alpha value is -0.990. The summed E-state index contributed by atoms with van der Waals surface area (Å²) in [5.41, 5.74) is 1.08. The summed E-state index contributed by atoms with van der Waals surface area (Å²) in [6.07, 6.45) is 6.04. The highest BCUT2D eigenvalue weighted by molar-refractivity contribution is 5.30. The summed E-state index contributed by atoms with van der Waals surface area (Å²) in [5, 5.41) is 3.53. The van der Waals surface area contributed by atoms with Crippen molar-refractivity contribution < 1.29 is 0 Å². The summed E-state index contributed by atoms with van der Waals surface area (Å²) in [6.45, 7) is 4.35. The largest absolute Gasteiger partial charge is 0.353 e. The maximum Gasteiger partial charge on any atom is 0.203 e. The minimum Gasteiger partial charge on any atom is -0.353 e. The van der Waals surface area contributed by atoms with Crippen molar-refractivity contribution in [1.82, 2.24) is 9.55 Å². The molecule has 2 rings (SSSR count). The van der Waals surface area contributed by atoms with Gasteiger partial charge in [-0.15, -0.1) is 0 Å². The molecule has 1 N–H and O–H groups in total. The van der Waals surface area contributed by atoms with Crippen molar-refractivity contribution >= 4 is 5.95 Å². The zero-order chi connectivity index (χ0) is 10.1. The first kappa shape index (κ1) is 9.56. The molecule has 0 aromatic carbocycles. The Morgan fingerprint density at radius 3 is 2.79 bits per heavy atom. The molecule has 0 radical (unpaired) electrons. The molecular formula is C11H19N3. The zero-order valence-electron chi connectivity index (χ0n) is 9.25. The minimum absolute atomic E-state index is 0.621. The third-order valence-electron chi connectivity index (χ3n) is 3.17. The number of anilines is 1. The molecule has 0 aliphatic heterocycles. The van der Waals surface area contributed by atoms with E-state index in [9.17, 15) is 0 Å². The highest BCUT2D eigenvalue weighted by Gasteiger charge is 2.23. The average Bonchev–Trinajstić information content (AvgIpc) is 2.62. The summed E-state index contributed by atoms with van der Waals surface area (Å²) in [4.78, 5) is 4.46. The Bertz CT molecular complexity index is 316. The summed E-state index contributed by atoms with van der Waals surface area (Å²) < 4.78 is 2.07. The van der Waals surface area contributed by atoms with Crippen LogP contribution in [0.3, 0.4) is 0 Å². The van der Waals surface area contributed by atoms with Crippen molar-refractivity contribution in [3.63, 3.8) is 0 Å². The molecule has 2 atom stereocenters. The molecule has 1 aliphatic carbocycles. The first-order chi connectivity index (χ1) is 6.66. The first-order valence-electron chi connectivity index (χ1n) is 5.43. The van der Waals surface area contributed by atoms with Crippen molar-refractivity contribution in [3.8, 4) is 0 Å². The van der Waals surface area contributed by atoms with Crippen LogP contribution in [0.25, 0.3) is 0 Å². The standard InChI is InChI=1S/C11H19N3/c1-8-5-4-6-10(8)13-11-12-9(2)7-14(11)3/h7-8,10H,4-6H2,1-3H3,(H,12,13). The minimum atomic E-state index is 0.621. The molecule has 3 heteroatoms. The lowest BCUT2D eigenvalue weighted by molar-refractivity contribution is 0.551. The van der Waals surface area contributed by atoms with Crippen LogP contribution in [0.4, 0.5) is 5.95 Å². The van der Waals surface area contributed by atoms with Crippen LogP contribution in [0.5, 0.6) is 0 Å². The molecule has 1 aliphatic rings. The van der Waals surface area contributed by atoms with Gasteiger partial charge in [0.2, 0.25) is 5.95 Å². The zero-order valence-corrected chi connectivity index (χ0v) is 9.25. The first-order valence-corrected chi connectivity index (χ1v) is 5.43. The van der Waals surface area contributed by atoms with Gasteiger partial charge in [0.05, 0.1) is 5.69 Å². The van der Waals surface area contributed by atoms with E-state index < -0.39 is 0 Å². The maximum absolute atomic E-state index is 4.46. The highest BCUT2D eigenvalue weighted by atomic mass is 15.2. The van der Waals surface area contributed by atoms with Gasteiger partial charge in [-0.25, -0.2) is 4.98 Å². The van der Waals surface area contributed by atoms with Crippen LogP contribution in [0.15, 0.2) is 6.20 Å². The highest BCUT2D eigenvalue weighted by Crippen LogP contribution is 2.27. The van der Waals surface area contributed by atoms with Gasteiger partial charge in [-0.05, 0) is 25.7 Å². The lowest BCUT2D eigenvalue weighted by atomic mass is 10.1. The van der Waals surface area contributed by atoms with Crippen molar-refractivity contribution in [2.75, 3.05) is 5.32 Å². The predicted molar refractivity (Wildman–Crippen MR) is 58.4 cm³/mol. The van der Waals surface area contributed by atoms with E-state index in [0.717, 1.165) is 17.6 Å². The van der Waals surface area contributed by atoms with Crippen LogP contribution in [0, 0.1) is 12.8 Å². The van der Waals surface area contributed by atoms with Gasteiger partial charge in [0.15, 0.2) is 0 Å². The Balaban J connectivity index is 2.06. The fourth-order valence-corrected chi connectivity index (χ4v) is 2.28. The summed E-state index contributed by atoms with van der Waals surface area (Å²) in [5.74, 6) is 1.80. The molecule has 3 nitrogen and oxygen atoms in total. The van der Waals surface area contributed by atoms with Crippen LogP contribution in [-0.4, -0.2) is 15.6 Å². The van der Waals surface area contributed by atoms with Gasteiger partial charge in [0.1, 0.15) is 0 Å². The number of hydrogen-bond donors (Lipinski definition) is 1. The molecular weight excluding hydrogens is 174 g/mol. The number of hydrogen-bond acceptors (Lipinski definition) is 2. The van der Waals surface area contributed by atoms with E-state index in [1.165, 1.54) is 19.3 Å². The number of rotatable bonds is 2. The van der Waals surface area contributed by atoms with Crippen molar-refractivity contribution in [2.45, 2.75) is 39.2 Å². The molecule has 78 valence electrons. The number of aryl methyl sites for hydroxylation is 2. The average molecular weight is 193 g/mol. The van der Waals surface area contributed by atoms with Gasteiger partial charge in [-0.3, -0.25) is 0 Å². The van der Waals surface area contributed by atoms with Crippen LogP contribution >= 0.6 is 0 Å². The molecule has 1 fully saturated rings. The van der Waals surface area contributed by atoms with Crippen molar-refractivity contribution in [3.05, 3.63) is 11.9 Å². The molecule has 14 heavy (non-hydrogen) atoms. The molecule has 1 aromatic rings. The second-order valence-electron chi connectivity index (χ2n) is 4.48. The second kappa shape index (κ2) is 3.64. The molecule has 0 saturated heterocycles. The number of nitrogens with zero attached hydrogens (tertiary/aromatic N) is 2.